The smallest absolute Gasteiger partial charge is 0.250 e. The molecule has 3 heterocycles. The van der Waals surface area contributed by atoms with Gasteiger partial charge in [0.1, 0.15) is 0 Å². The summed E-state index contributed by atoms with van der Waals surface area (Å²) in [6.45, 7) is 0.489. The molecule has 0 bridgehead atoms. The van der Waals surface area contributed by atoms with E-state index >= 15 is 0 Å². The molecule has 0 amide bonds. The number of hydrogen-bond acceptors (Lipinski definition) is 5. The zero-order valence-corrected chi connectivity index (χ0v) is 11.9. The van der Waals surface area contributed by atoms with Crippen LogP contribution in [0.15, 0.2) is 54.9 Å². The number of aryl methyl sites for hydroxylation is 2. The summed E-state index contributed by atoms with van der Waals surface area (Å²) in [4.78, 5) is 15.8. The lowest BCUT2D eigenvalue weighted by Gasteiger charge is -2.00. The second kappa shape index (κ2) is 5.46. The van der Waals surface area contributed by atoms with Crippen LogP contribution in [0.1, 0.15) is 5.89 Å². The third kappa shape index (κ3) is 2.72. The SMILES string of the molecule is O=c1ccccn1CCc1nc(-c2ccc(Br)o2)no1. The van der Waals surface area contributed by atoms with E-state index in [0.717, 1.165) is 0 Å². The first-order valence-electron chi connectivity index (χ1n) is 5.96. The van der Waals surface area contributed by atoms with Crippen LogP contribution in [0.5, 0.6) is 0 Å². The number of halogens is 1. The lowest BCUT2D eigenvalue weighted by atomic mass is 10.4. The summed E-state index contributed by atoms with van der Waals surface area (Å²) in [6.07, 6.45) is 2.21. The monoisotopic (exact) mass is 335 g/mol. The number of nitrogens with zero attached hydrogens (tertiary/aromatic N) is 3. The van der Waals surface area contributed by atoms with Gasteiger partial charge in [0.25, 0.3) is 5.56 Å². The van der Waals surface area contributed by atoms with Crippen molar-refractivity contribution in [3.8, 4) is 11.6 Å². The quantitative estimate of drug-likeness (QED) is 0.732. The van der Waals surface area contributed by atoms with Crippen LogP contribution in [0.3, 0.4) is 0 Å². The lowest BCUT2D eigenvalue weighted by Crippen LogP contribution is -2.18. The largest absolute Gasteiger partial charge is 0.446 e. The number of pyridine rings is 1. The topological polar surface area (TPSA) is 74.1 Å². The summed E-state index contributed by atoms with van der Waals surface area (Å²) in [5, 5.41) is 3.85. The van der Waals surface area contributed by atoms with E-state index in [1.54, 1.807) is 35.0 Å². The third-order valence-corrected chi connectivity index (χ3v) is 3.15. The first kappa shape index (κ1) is 12.9. The van der Waals surface area contributed by atoms with Gasteiger partial charge in [-0.2, -0.15) is 4.98 Å². The highest BCUT2D eigenvalue weighted by Crippen LogP contribution is 2.22. The molecule has 20 heavy (non-hydrogen) atoms. The van der Waals surface area contributed by atoms with Gasteiger partial charge in [-0.3, -0.25) is 4.79 Å². The fourth-order valence-electron chi connectivity index (χ4n) is 1.75. The molecule has 0 aromatic carbocycles. The minimum Gasteiger partial charge on any atom is -0.446 e. The number of hydrogen-bond donors (Lipinski definition) is 0. The maximum Gasteiger partial charge on any atom is 0.250 e. The van der Waals surface area contributed by atoms with Crippen molar-refractivity contribution in [2.45, 2.75) is 13.0 Å². The van der Waals surface area contributed by atoms with E-state index in [2.05, 4.69) is 26.1 Å². The average Bonchev–Trinajstić information content (AvgIpc) is 3.06. The van der Waals surface area contributed by atoms with Gasteiger partial charge in [0.2, 0.25) is 11.7 Å². The lowest BCUT2D eigenvalue weighted by molar-refractivity contribution is 0.370. The average molecular weight is 336 g/mol. The summed E-state index contributed by atoms with van der Waals surface area (Å²) in [6, 6.07) is 8.54. The first-order valence-corrected chi connectivity index (χ1v) is 6.75. The standard InChI is InChI=1S/C13H10BrN3O3/c14-10-5-4-9(19-10)13-15-11(20-16-13)6-8-17-7-2-1-3-12(17)18/h1-5,7H,6,8H2. The third-order valence-electron chi connectivity index (χ3n) is 2.73. The Morgan fingerprint density at radius 2 is 2.15 bits per heavy atom. The van der Waals surface area contributed by atoms with Crippen molar-refractivity contribution in [3.05, 3.63) is 57.4 Å². The molecule has 0 N–H and O–H groups in total. The molecule has 0 aliphatic carbocycles. The van der Waals surface area contributed by atoms with Crippen LogP contribution in [0.25, 0.3) is 11.6 Å². The molecule has 3 aromatic rings. The van der Waals surface area contributed by atoms with E-state index in [-0.39, 0.29) is 5.56 Å². The minimum atomic E-state index is -0.0535. The van der Waals surface area contributed by atoms with Crippen molar-refractivity contribution in [1.29, 1.82) is 0 Å². The molecule has 0 radical (unpaired) electrons. The molecule has 0 aliphatic heterocycles. The van der Waals surface area contributed by atoms with Gasteiger partial charge in [-0.25, -0.2) is 0 Å². The molecule has 0 atom stereocenters. The zero-order valence-electron chi connectivity index (χ0n) is 10.3. The molecule has 6 nitrogen and oxygen atoms in total. The van der Waals surface area contributed by atoms with Crippen LogP contribution < -0.4 is 5.56 Å². The normalized spacial score (nSPS) is 10.8. The second-order valence-electron chi connectivity index (χ2n) is 4.10. The van der Waals surface area contributed by atoms with Crippen molar-refractivity contribution in [1.82, 2.24) is 14.7 Å². The van der Waals surface area contributed by atoms with Gasteiger partial charge >= 0.3 is 0 Å². The van der Waals surface area contributed by atoms with Gasteiger partial charge in [-0.15, -0.1) is 0 Å². The molecule has 0 saturated heterocycles. The number of rotatable bonds is 4. The van der Waals surface area contributed by atoms with Gasteiger partial charge in [0.15, 0.2) is 10.4 Å². The summed E-state index contributed by atoms with van der Waals surface area (Å²) in [5.41, 5.74) is -0.0535. The van der Waals surface area contributed by atoms with E-state index in [4.69, 9.17) is 8.94 Å². The van der Waals surface area contributed by atoms with Gasteiger partial charge in [-0.05, 0) is 34.1 Å². The van der Waals surface area contributed by atoms with Crippen LogP contribution in [-0.2, 0) is 13.0 Å². The highest BCUT2D eigenvalue weighted by atomic mass is 79.9. The first-order chi connectivity index (χ1) is 9.72. The Balaban J connectivity index is 1.72. The number of aromatic nitrogens is 3. The number of furan rings is 1. The molecule has 3 aromatic heterocycles. The van der Waals surface area contributed by atoms with Crippen LogP contribution in [-0.4, -0.2) is 14.7 Å². The Morgan fingerprint density at radius 1 is 1.25 bits per heavy atom. The van der Waals surface area contributed by atoms with Crippen molar-refractivity contribution in [2.75, 3.05) is 0 Å². The Bertz CT molecular complexity index is 775. The van der Waals surface area contributed by atoms with E-state index < -0.39 is 0 Å². The van der Waals surface area contributed by atoms with E-state index in [0.29, 0.717) is 35.1 Å². The van der Waals surface area contributed by atoms with Crippen molar-refractivity contribution in [3.63, 3.8) is 0 Å². The zero-order chi connectivity index (χ0) is 13.9. The van der Waals surface area contributed by atoms with Crippen LogP contribution >= 0.6 is 15.9 Å². The van der Waals surface area contributed by atoms with Gasteiger partial charge in [-0.1, -0.05) is 11.2 Å². The molecular weight excluding hydrogens is 326 g/mol. The highest BCUT2D eigenvalue weighted by molar-refractivity contribution is 9.10. The molecule has 7 heteroatoms. The van der Waals surface area contributed by atoms with Crippen molar-refractivity contribution < 1.29 is 8.94 Å². The van der Waals surface area contributed by atoms with E-state index in [9.17, 15) is 4.79 Å². The maximum atomic E-state index is 11.5. The van der Waals surface area contributed by atoms with Crippen LogP contribution in [0.4, 0.5) is 0 Å². The molecule has 0 unspecified atom stereocenters. The van der Waals surface area contributed by atoms with E-state index in [1.807, 2.05) is 0 Å². The predicted molar refractivity (Wildman–Crippen MR) is 74.1 cm³/mol. The van der Waals surface area contributed by atoms with Crippen LogP contribution in [0.2, 0.25) is 0 Å². The summed E-state index contributed by atoms with van der Waals surface area (Å²) in [5.74, 6) is 1.39. The fraction of sp³-hybridized carbons (Fsp3) is 0.154. The molecule has 0 fully saturated rings. The summed E-state index contributed by atoms with van der Waals surface area (Å²) < 4.78 is 12.7. The summed E-state index contributed by atoms with van der Waals surface area (Å²) in [7, 11) is 0. The highest BCUT2D eigenvalue weighted by Gasteiger charge is 2.12. The Kier molecular flexibility index (Phi) is 3.51. The minimum absolute atomic E-state index is 0.0535. The molecule has 3 rings (SSSR count). The van der Waals surface area contributed by atoms with Crippen molar-refractivity contribution >= 4 is 15.9 Å². The molecule has 102 valence electrons. The second-order valence-corrected chi connectivity index (χ2v) is 4.88. The van der Waals surface area contributed by atoms with Gasteiger partial charge < -0.3 is 13.5 Å². The Morgan fingerprint density at radius 3 is 2.90 bits per heavy atom. The predicted octanol–water partition coefficient (Wildman–Crippen LogP) is 2.50. The maximum absolute atomic E-state index is 11.5. The summed E-state index contributed by atoms with van der Waals surface area (Å²) >= 11 is 3.21. The fourth-order valence-corrected chi connectivity index (χ4v) is 2.06. The van der Waals surface area contributed by atoms with Gasteiger partial charge in [0, 0.05) is 25.2 Å². The molecule has 0 saturated carbocycles. The molecule has 0 aliphatic rings. The van der Waals surface area contributed by atoms with Crippen LogP contribution in [0, 0.1) is 0 Å². The van der Waals surface area contributed by atoms with E-state index in [1.165, 1.54) is 6.07 Å². The van der Waals surface area contributed by atoms with Gasteiger partial charge in [0.05, 0.1) is 0 Å². The Labute approximate surface area is 122 Å². The van der Waals surface area contributed by atoms with Crippen molar-refractivity contribution in [2.24, 2.45) is 0 Å². The Hall–Kier alpha value is -2.15. The molecular formula is C13H10BrN3O3. The molecule has 0 spiro atoms.